The van der Waals surface area contributed by atoms with Crippen LogP contribution in [0.15, 0.2) is 0 Å². The van der Waals surface area contributed by atoms with Crippen molar-refractivity contribution in [3.8, 4) is 0 Å². The lowest BCUT2D eigenvalue weighted by Crippen LogP contribution is -2.50. The van der Waals surface area contributed by atoms with Gasteiger partial charge in [-0.3, -0.25) is 4.79 Å². The lowest BCUT2D eigenvalue weighted by atomic mass is 9.88. The number of amides is 1. The van der Waals surface area contributed by atoms with Gasteiger partial charge in [-0.25, -0.2) is 0 Å². The Hall–Kier alpha value is -0.320. The largest absolute Gasteiger partial charge is 0.378 e. The van der Waals surface area contributed by atoms with E-state index in [-0.39, 0.29) is 30.3 Å². The van der Waals surface area contributed by atoms with Gasteiger partial charge in [-0.2, -0.15) is 0 Å². The first-order valence-electron chi connectivity index (χ1n) is 6.79. The zero-order valence-electron chi connectivity index (χ0n) is 11.3. The van der Waals surface area contributed by atoms with E-state index in [9.17, 15) is 4.79 Å². The summed E-state index contributed by atoms with van der Waals surface area (Å²) in [4.78, 5) is 12.0. The third-order valence-corrected chi connectivity index (χ3v) is 3.96. The molecule has 5 heteroatoms. The Bertz CT molecular complexity index is 266. The summed E-state index contributed by atoms with van der Waals surface area (Å²) in [6, 6.07) is 0.223. The van der Waals surface area contributed by atoms with E-state index in [1.165, 1.54) is 0 Å². The molecule has 2 rings (SSSR count). The molecule has 2 saturated heterocycles. The minimum Gasteiger partial charge on any atom is -0.378 e. The molecule has 0 aliphatic carbocycles. The maximum Gasteiger partial charge on any atom is 0.223 e. The molecule has 2 N–H and O–H groups in total. The van der Waals surface area contributed by atoms with Crippen molar-refractivity contribution in [2.24, 2.45) is 11.8 Å². The first kappa shape index (κ1) is 15.7. The van der Waals surface area contributed by atoms with E-state index in [2.05, 4.69) is 17.6 Å². The quantitative estimate of drug-likeness (QED) is 0.797. The van der Waals surface area contributed by atoms with Crippen LogP contribution in [0.25, 0.3) is 0 Å². The summed E-state index contributed by atoms with van der Waals surface area (Å²) in [6.07, 6.45) is 3.60. The van der Waals surface area contributed by atoms with Crippen LogP contribution in [0, 0.1) is 11.8 Å². The van der Waals surface area contributed by atoms with Crippen molar-refractivity contribution in [3.63, 3.8) is 0 Å². The van der Waals surface area contributed by atoms with E-state index in [0.717, 1.165) is 39.0 Å². The number of nitrogens with one attached hydrogen (secondary N) is 2. The van der Waals surface area contributed by atoms with Crippen molar-refractivity contribution in [3.05, 3.63) is 0 Å². The fraction of sp³-hybridized carbons (Fsp3) is 0.923. The molecule has 2 heterocycles. The first-order chi connectivity index (χ1) is 8.16. The van der Waals surface area contributed by atoms with E-state index < -0.39 is 0 Å². The van der Waals surface area contributed by atoms with Gasteiger partial charge in [0.2, 0.25) is 5.91 Å². The van der Waals surface area contributed by atoms with Gasteiger partial charge < -0.3 is 15.4 Å². The number of rotatable bonds is 5. The lowest BCUT2D eigenvalue weighted by molar-refractivity contribution is -0.127. The highest BCUT2D eigenvalue weighted by Crippen LogP contribution is 2.19. The molecule has 4 nitrogen and oxygen atoms in total. The first-order valence-corrected chi connectivity index (χ1v) is 6.79. The van der Waals surface area contributed by atoms with Gasteiger partial charge in [0.25, 0.3) is 0 Å². The van der Waals surface area contributed by atoms with E-state index in [1.807, 2.05) is 6.92 Å². The Balaban J connectivity index is 0.00000162. The van der Waals surface area contributed by atoms with Crippen LogP contribution in [-0.4, -0.2) is 37.7 Å². The Morgan fingerprint density at radius 2 is 2.17 bits per heavy atom. The van der Waals surface area contributed by atoms with Crippen LogP contribution in [0.1, 0.15) is 33.1 Å². The zero-order valence-corrected chi connectivity index (χ0v) is 12.1. The van der Waals surface area contributed by atoms with Crippen LogP contribution in [0.4, 0.5) is 0 Å². The summed E-state index contributed by atoms with van der Waals surface area (Å²) in [7, 11) is 0. The SMILES string of the molecule is CC(CC1CCCO1)NC(=O)C(C)C1CNC1.Cl. The highest BCUT2D eigenvalue weighted by molar-refractivity contribution is 5.85. The third-order valence-electron chi connectivity index (χ3n) is 3.96. The van der Waals surface area contributed by atoms with Gasteiger partial charge >= 0.3 is 0 Å². The fourth-order valence-corrected chi connectivity index (χ4v) is 2.54. The maximum absolute atomic E-state index is 12.0. The highest BCUT2D eigenvalue weighted by atomic mass is 35.5. The summed E-state index contributed by atoms with van der Waals surface area (Å²) in [5.41, 5.74) is 0. The molecule has 106 valence electrons. The topological polar surface area (TPSA) is 50.4 Å². The van der Waals surface area contributed by atoms with Crippen LogP contribution in [0.5, 0.6) is 0 Å². The van der Waals surface area contributed by atoms with Crippen LogP contribution >= 0.6 is 12.4 Å². The van der Waals surface area contributed by atoms with Crippen LogP contribution in [-0.2, 0) is 9.53 Å². The highest BCUT2D eigenvalue weighted by Gasteiger charge is 2.29. The molecule has 0 bridgehead atoms. The predicted molar refractivity (Wildman–Crippen MR) is 74.0 cm³/mol. The van der Waals surface area contributed by atoms with Gasteiger partial charge in [-0.1, -0.05) is 6.92 Å². The second-order valence-corrected chi connectivity index (χ2v) is 5.49. The van der Waals surface area contributed by atoms with Crippen molar-refractivity contribution in [1.82, 2.24) is 10.6 Å². The molecule has 3 unspecified atom stereocenters. The Morgan fingerprint density at radius 3 is 2.67 bits per heavy atom. The molecule has 0 aromatic rings. The second-order valence-electron chi connectivity index (χ2n) is 5.49. The standard InChI is InChI=1S/C13H24N2O2.ClH/c1-9(6-12-4-3-5-17-12)15-13(16)10(2)11-7-14-8-11;/h9-12,14H,3-8H2,1-2H3,(H,15,16);1H. The van der Waals surface area contributed by atoms with E-state index >= 15 is 0 Å². The van der Waals surface area contributed by atoms with Gasteiger partial charge in [-0.05, 0) is 45.2 Å². The Labute approximate surface area is 116 Å². The van der Waals surface area contributed by atoms with Gasteiger partial charge in [0, 0.05) is 18.6 Å². The number of carbonyl (C=O) groups is 1. The summed E-state index contributed by atoms with van der Waals surface area (Å²) >= 11 is 0. The maximum atomic E-state index is 12.0. The molecule has 2 aliphatic rings. The minimum atomic E-state index is 0. The number of halogens is 1. The normalized spacial score (nSPS) is 26.9. The van der Waals surface area contributed by atoms with Crippen LogP contribution < -0.4 is 10.6 Å². The fourth-order valence-electron chi connectivity index (χ4n) is 2.54. The number of hydrogen-bond acceptors (Lipinski definition) is 3. The van der Waals surface area contributed by atoms with Gasteiger partial charge in [0.1, 0.15) is 0 Å². The summed E-state index contributed by atoms with van der Waals surface area (Å²) < 4.78 is 5.58. The number of ether oxygens (including phenoxy) is 1. The summed E-state index contributed by atoms with van der Waals surface area (Å²) in [6.45, 7) is 6.95. The monoisotopic (exact) mass is 276 g/mol. The van der Waals surface area contributed by atoms with E-state index in [1.54, 1.807) is 0 Å². The molecule has 0 spiro atoms. The van der Waals surface area contributed by atoms with Gasteiger partial charge in [-0.15, -0.1) is 12.4 Å². The van der Waals surface area contributed by atoms with Crippen LogP contribution in [0.3, 0.4) is 0 Å². The van der Waals surface area contributed by atoms with Crippen LogP contribution in [0.2, 0.25) is 0 Å². The molecule has 2 aliphatic heterocycles. The van der Waals surface area contributed by atoms with Crippen molar-refractivity contribution >= 4 is 18.3 Å². The second kappa shape index (κ2) is 7.31. The molecular formula is C13H25ClN2O2. The third kappa shape index (κ3) is 4.11. The molecule has 0 aromatic heterocycles. The van der Waals surface area contributed by atoms with Crippen molar-refractivity contribution in [1.29, 1.82) is 0 Å². The molecule has 0 radical (unpaired) electrons. The molecular weight excluding hydrogens is 252 g/mol. The van der Waals surface area contributed by atoms with E-state index in [0.29, 0.717) is 12.0 Å². The Kier molecular flexibility index (Phi) is 6.39. The van der Waals surface area contributed by atoms with Crippen molar-refractivity contribution in [2.75, 3.05) is 19.7 Å². The van der Waals surface area contributed by atoms with Crippen molar-refractivity contribution < 1.29 is 9.53 Å². The average Bonchev–Trinajstić information content (AvgIpc) is 2.67. The lowest BCUT2D eigenvalue weighted by Gasteiger charge is -2.32. The number of carbonyl (C=O) groups excluding carboxylic acids is 1. The molecule has 18 heavy (non-hydrogen) atoms. The molecule has 3 atom stereocenters. The molecule has 2 fully saturated rings. The average molecular weight is 277 g/mol. The molecule has 0 aromatic carbocycles. The van der Waals surface area contributed by atoms with Gasteiger partial charge in [0.15, 0.2) is 0 Å². The van der Waals surface area contributed by atoms with E-state index in [4.69, 9.17) is 4.74 Å². The predicted octanol–water partition coefficient (Wildman–Crippen LogP) is 1.34. The minimum absolute atomic E-state index is 0. The molecule has 1 amide bonds. The summed E-state index contributed by atoms with van der Waals surface area (Å²) in [5.74, 6) is 0.843. The zero-order chi connectivity index (χ0) is 12.3. The molecule has 0 saturated carbocycles. The summed E-state index contributed by atoms with van der Waals surface area (Å²) in [5, 5.41) is 6.32. The Morgan fingerprint density at radius 1 is 1.44 bits per heavy atom. The number of hydrogen-bond donors (Lipinski definition) is 2. The van der Waals surface area contributed by atoms with Gasteiger partial charge in [0.05, 0.1) is 6.10 Å². The van der Waals surface area contributed by atoms with Crippen molar-refractivity contribution in [2.45, 2.75) is 45.3 Å². The smallest absolute Gasteiger partial charge is 0.223 e.